The van der Waals surface area contributed by atoms with Crippen LogP contribution in [0.2, 0.25) is 0 Å². The minimum atomic E-state index is -0.490. The molecule has 3 rings (SSSR count). The second kappa shape index (κ2) is 7.67. The molecule has 2 heterocycles. The Morgan fingerprint density at radius 1 is 1.32 bits per heavy atom. The fourth-order valence-corrected chi connectivity index (χ4v) is 4.44. The number of piperidine rings is 1. The summed E-state index contributed by atoms with van der Waals surface area (Å²) in [5.41, 5.74) is 2.48. The van der Waals surface area contributed by atoms with Gasteiger partial charge < -0.3 is 5.32 Å². The number of hydrogen-bond acceptors (Lipinski definition) is 3. The molecule has 0 unspecified atom stereocenters. The number of halogens is 1. The van der Waals surface area contributed by atoms with Crippen molar-refractivity contribution in [3.05, 3.63) is 51.7 Å². The van der Waals surface area contributed by atoms with Gasteiger partial charge in [0, 0.05) is 23.0 Å². The summed E-state index contributed by atoms with van der Waals surface area (Å²) in [5, 5.41) is 3.79. The fourth-order valence-electron chi connectivity index (χ4n) is 3.38. The van der Waals surface area contributed by atoms with Crippen LogP contribution in [0.1, 0.15) is 52.5 Å². The number of aryl methyl sites for hydroxylation is 1. The van der Waals surface area contributed by atoms with Crippen molar-refractivity contribution < 1.29 is 9.18 Å². The lowest BCUT2D eigenvalue weighted by molar-refractivity contribution is 0.102. The third-order valence-corrected chi connectivity index (χ3v) is 6.32. The smallest absolute Gasteiger partial charge is 0.259 e. The quantitative estimate of drug-likeness (QED) is 0.820. The van der Waals surface area contributed by atoms with E-state index in [9.17, 15) is 9.18 Å². The molecule has 2 aromatic rings. The number of nitrogens with zero attached hydrogens (tertiary/aromatic N) is 1. The van der Waals surface area contributed by atoms with Crippen LogP contribution in [0, 0.1) is 19.7 Å². The van der Waals surface area contributed by atoms with Crippen LogP contribution in [0.4, 0.5) is 9.39 Å². The Morgan fingerprint density at radius 2 is 2.08 bits per heavy atom. The minimum absolute atomic E-state index is 0.0866. The Hall–Kier alpha value is -1.72. The highest BCUT2D eigenvalue weighted by Crippen LogP contribution is 2.35. The SMILES string of the molecule is Cc1sc(NC(=O)c2ccccc2F)c(CN2CCCC[C@@H]2C)c1C. The van der Waals surface area contributed by atoms with Crippen LogP contribution >= 0.6 is 11.3 Å². The van der Waals surface area contributed by atoms with Crippen molar-refractivity contribution in [2.45, 2.75) is 52.6 Å². The van der Waals surface area contributed by atoms with Gasteiger partial charge in [-0.3, -0.25) is 9.69 Å². The van der Waals surface area contributed by atoms with Crippen molar-refractivity contribution in [2.75, 3.05) is 11.9 Å². The fraction of sp³-hybridized carbons (Fsp3) is 0.450. The molecule has 1 aliphatic heterocycles. The minimum Gasteiger partial charge on any atom is -0.313 e. The van der Waals surface area contributed by atoms with Crippen LogP contribution in [-0.4, -0.2) is 23.4 Å². The normalized spacial score (nSPS) is 18.3. The number of hydrogen-bond donors (Lipinski definition) is 1. The summed E-state index contributed by atoms with van der Waals surface area (Å²) in [7, 11) is 0. The molecule has 134 valence electrons. The Morgan fingerprint density at radius 3 is 2.80 bits per heavy atom. The predicted octanol–water partition coefficient (Wildman–Crippen LogP) is 5.13. The zero-order chi connectivity index (χ0) is 18.0. The van der Waals surface area contributed by atoms with Gasteiger partial charge in [-0.05, 0) is 57.9 Å². The lowest BCUT2D eigenvalue weighted by atomic mass is 10.0. The van der Waals surface area contributed by atoms with Crippen molar-refractivity contribution in [3.8, 4) is 0 Å². The monoisotopic (exact) mass is 360 g/mol. The maximum Gasteiger partial charge on any atom is 0.259 e. The molecule has 0 radical (unpaired) electrons. The number of carbonyl (C=O) groups excluding carboxylic acids is 1. The summed E-state index contributed by atoms with van der Waals surface area (Å²) < 4.78 is 13.9. The predicted molar refractivity (Wildman–Crippen MR) is 102 cm³/mol. The van der Waals surface area contributed by atoms with E-state index in [4.69, 9.17) is 0 Å². The summed E-state index contributed by atoms with van der Waals surface area (Å²) in [5.74, 6) is -0.872. The van der Waals surface area contributed by atoms with Crippen LogP contribution in [0.5, 0.6) is 0 Å². The lowest BCUT2D eigenvalue weighted by Crippen LogP contribution is -2.37. The van der Waals surface area contributed by atoms with Crippen LogP contribution in [0.3, 0.4) is 0 Å². The highest BCUT2D eigenvalue weighted by molar-refractivity contribution is 7.16. The molecule has 0 aliphatic carbocycles. The summed E-state index contributed by atoms with van der Waals surface area (Å²) in [6.07, 6.45) is 3.73. The van der Waals surface area contributed by atoms with Crippen LogP contribution in [-0.2, 0) is 6.54 Å². The first kappa shape index (κ1) is 18.1. The van der Waals surface area contributed by atoms with Gasteiger partial charge in [-0.2, -0.15) is 0 Å². The van der Waals surface area contributed by atoms with Gasteiger partial charge in [0.1, 0.15) is 10.8 Å². The highest BCUT2D eigenvalue weighted by atomic mass is 32.1. The zero-order valence-electron chi connectivity index (χ0n) is 15.1. The van der Waals surface area contributed by atoms with Gasteiger partial charge in [0.05, 0.1) is 5.56 Å². The van der Waals surface area contributed by atoms with Crippen molar-refractivity contribution in [1.82, 2.24) is 4.90 Å². The van der Waals surface area contributed by atoms with Crippen LogP contribution < -0.4 is 5.32 Å². The van der Waals surface area contributed by atoms with Gasteiger partial charge in [-0.1, -0.05) is 18.6 Å². The molecule has 0 spiro atoms. The number of benzene rings is 1. The maximum absolute atomic E-state index is 13.9. The molecule has 1 fully saturated rings. The number of nitrogens with one attached hydrogen (secondary N) is 1. The Kier molecular flexibility index (Phi) is 5.54. The number of carbonyl (C=O) groups is 1. The topological polar surface area (TPSA) is 32.3 Å². The molecule has 1 atom stereocenters. The standard InChI is InChI=1S/C20H25FN2OS/c1-13-8-6-7-11-23(13)12-17-14(2)15(3)25-20(17)22-19(24)16-9-4-5-10-18(16)21/h4-5,9-10,13H,6-8,11-12H2,1-3H3,(H,22,24)/t13-/m0/s1. The molecule has 25 heavy (non-hydrogen) atoms. The van der Waals surface area contributed by atoms with Gasteiger partial charge in [0.2, 0.25) is 0 Å². The molecule has 5 heteroatoms. The number of rotatable bonds is 4. The summed E-state index contributed by atoms with van der Waals surface area (Å²) in [6.45, 7) is 8.38. The van der Waals surface area contributed by atoms with Crippen molar-refractivity contribution >= 4 is 22.2 Å². The van der Waals surface area contributed by atoms with E-state index in [1.54, 1.807) is 23.5 Å². The molecule has 3 nitrogen and oxygen atoms in total. The van der Waals surface area contributed by atoms with Gasteiger partial charge in [-0.25, -0.2) is 4.39 Å². The maximum atomic E-state index is 13.9. The number of anilines is 1. The molecule has 0 bridgehead atoms. The van der Waals surface area contributed by atoms with Crippen LogP contribution in [0.15, 0.2) is 24.3 Å². The first-order valence-electron chi connectivity index (χ1n) is 8.86. The summed E-state index contributed by atoms with van der Waals surface area (Å²) in [6, 6.07) is 6.66. The molecular weight excluding hydrogens is 335 g/mol. The Bertz CT molecular complexity index is 771. The van der Waals surface area contributed by atoms with E-state index >= 15 is 0 Å². The highest BCUT2D eigenvalue weighted by Gasteiger charge is 2.23. The first-order chi connectivity index (χ1) is 12.0. The molecule has 1 aromatic heterocycles. The number of amides is 1. The second-order valence-corrected chi connectivity index (χ2v) is 8.06. The second-order valence-electron chi connectivity index (χ2n) is 6.84. The van der Waals surface area contributed by atoms with E-state index in [-0.39, 0.29) is 11.5 Å². The van der Waals surface area contributed by atoms with E-state index in [0.717, 1.165) is 18.1 Å². The van der Waals surface area contributed by atoms with E-state index in [1.807, 2.05) is 0 Å². The van der Waals surface area contributed by atoms with Crippen molar-refractivity contribution in [2.24, 2.45) is 0 Å². The Balaban J connectivity index is 1.83. The van der Waals surface area contributed by atoms with E-state index in [0.29, 0.717) is 6.04 Å². The molecule has 1 aliphatic rings. The lowest BCUT2D eigenvalue weighted by Gasteiger charge is -2.33. The molecule has 1 aromatic carbocycles. The average molecular weight is 360 g/mol. The number of thiophene rings is 1. The first-order valence-corrected chi connectivity index (χ1v) is 9.68. The third kappa shape index (κ3) is 3.93. The van der Waals surface area contributed by atoms with Gasteiger partial charge >= 0.3 is 0 Å². The van der Waals surface area contributed by atoms with E-state index in [2.05, 4.69) is 31.0 Å². The van der Waals surface area contributed by atoms with Gasteiger partial charge in [0.15, 0.2) is 0 Å². The molecule has 0 saturated carbocycles. The average Bonchev–Trinajstić information content (AvgIpc) is 2.84. The van der Waals surface area contributed by atoms with Crippen molar-refractivity contribution in [1.29, 1.82) is 0 Å². The molecular formula is C20H25FN2OS. The van der Waals surface area contributed by atoms with Gasteiger partial charge in [0.25, 0.3) is 5.91 Å². The van der Waals surface area contributed by atoms with E-state index in [1.165, 1.54) is 47.4 Å². The Labute approximate surface area is 152 Å². The van der Waals surface area contributed by atoms with Gasteiger partial charge in [-0.15, -0.1) is 11.3 Å². The summed E-state index contributed by atoms with van der Waals surface area (Å²) in [4.78, 5) is 16.2. The molecule has 1 saturated heterocycles. The molecule has 1 amide bonds. The third-order valence-electron chi connectivity index (χ3n) is 5.16. The summed E-state index contributed by atoms with van der Waals surface area (Å²) >= 11 is 1.58. The van der Waals surface area contributed by atoms with Crippen molar-refractivity contribution in [3.63, 3.8) is 0 Å². The number of likely N-dealkylation sites (tertiary alicyclic amines) is 1. The van der Waals surface area contributed by atoms with Crippen LogP contribution in [0.25, 0.3) is 0 Å². The zero-order valence-corrected chi connectivity index (χ0v) is 15.9. The molecule has 1 N–H and O–H groups in total. The van der Waals surface area contributed by atoms with E-state index < -0.39 is 5.82 Å². The largest absolute Gasteiger partial charge is 0.313 e.